The van der Waals surface area contributed by atoms with E-state index in [-0.39, 0.29) is 18.6 Å². The van der Waals surface area contributed by atoms with Crippen molar-refractivity contribution in [2.75, 3.05) is 26.3 Å². The van der Waals surface area contributed by atoms with E-state index in [4.69, 9.17) is 9.47 Å². The quantitative estimate of drug-likeness (QED) is 0.675. The fraction of sp³-hybridized carbons (Fsp3) is 0.391. The highest BCUT2D eigenvalue weighted by molar-refractivity contribution is 5.83. The molecule has 1 aliphatic rings. The van der Waals surface area contributed by atoms with E-state index in [0.29, 0.717) is 42.3 Å². The molecular weight excluding hydrogens is 396 g/mol. The summed E-state index contributed by atoms with van der Waals surface area (Å²) in [6.45, 7) is 6.86. The van der Waals surface area contributed by atoms with Gasteiger partial charge in [0.2, 0.25) is 11.8 Å². The van der Waals surface area contributed by atoms with Crippen LogP contribution in [-0.4, -0.2) is 63.3 Å². The Balaban J connectivity index is 1.60. The van der Waals surface area contributed by atoms with Crippen molar-refractivity contribution in [3.05, 3.63) is 48.3 Å². The molecule has 3 heterocycles. The average molecular weight is 422 g/mol. The van der Waals surface area contributed by atoms with Crippen LogP contribution in [-0.2, 0) is 15.1 Å². The summed E-state index contributed by atoms with van der Waals surface area (Å²) in [6, 6.07) is 9.45. The van der Waals surface area contributed by atoms with E-state index in [0.717, 1.165) is 11.1 Å². The maximum atomic E-state index is 11.7. The molecule has 1 saturated heterocycles. The molecule has 0 aliphatic carbocycles. The highest BCUT2D eigenvalue weighted by Crippen LogP contribution is 2.29. The van der Waals surface area contributed by atoms with E-state index in [9.17, 15) is 9.90 Å². The van der Waals surface area contributed by atoms with Gasteiger partial charge in [0.15, 0.2) is 5.52 Å². The van der Waals surface area contributed by atoms with Gasteiger partial charge in [-0.2, -0.15) is 0 Å². The van der Waals surface area contributed by atoms with Gasteiger partial charge in [0.25, 0.3) is 0 Å². The Kier molecular flexibility index (Phi) is 5.84. The second-order valence-electron chi connectivity index (χ2n) is 8.14. The van der Waals surface area contributed by atoms with Crippen molar-refractivity contribution in [2.24, 2.45) is 0 Å². The maximum Gasteiger partial charge on any atom is 0.242 e. The molecule has 162 valence electrons. The lowest BCUT2D eigenvalue weighted by molar-refractivity contribution is -0.137. The van der Waals surface area contributed by atoms with Crippen LogP contribution in [0.25, 0.3) is 22.3 Å². The number of amides is 1. The lowest BCUT2D eigenvalue weighted by atomic mass is 9.96. The van der Waals surface area contributed by atoms with Crippen LogP contribution < -0.4 is 4.74 Å². The molecule has 0 spiro atoms. The first-order chi connectivity index (χ1) is 14.8. The number of aromatic nitrogens is 3. The zero-order valence-corrected chi connectivity index (χ0v) is 17.9. The fourth-order valence-electron chi connectivity index (χ4n) is 3.52. The molecule has 8 heteroatoms. The first kappa shape index (κ1) is 21.1. The number of aliphatic hydroxyl groups is 1. The minimum atomic E-state index is -0.914. The van der Waals surface area contributed by atoms with Crippen molar-refractivity contribution in [2.45, 2.75) is 32.5 Å². The molecule has 3 aromatic rings. The first-order valence-corrected chi connectivity index (χ1v) is 10.3. The molecule has 4 rings (SSSR count). The van der Waals surface area contributed by atoms with Crippen LogP contribution in [0, 0.1) is 0 Å². The van der Waals surface area contributed by atoms with Gasteiger partial charge in [0, 0.05) is 31.4 Å². The Morgan fingerprint density at radius 2 is 2.00 bits per heavy atom. The number of benzene rings is 1. The summed E-state index contributed by atoms with van der Waals surface area (Å²) in [5, 5.41) is 10.2. The van der Waals surface area contributed by atoms with Gasteiger partial charge in [-0.25, -0.2) is 9.97 Å². The highest BCUT2D eigenvalue weighted by Gasteiger charge is 2.23. The molecule has 31 heavy (non-hydrogen) atoms. The molecular formula is C23H26N4O4. The molecule has 1 aromatic carbocycles. The van der Waals surface area contributed by atoms with Gasteiger partial charge in [-0.1, -0.05) is 24.3 Å². The molecule has 2 aromatic heterocycles. The Morgan fingerprint density at radius 1 is 1.26 bits per heavy atom. The Labute approximate surface area is 180 Å². The van der Waals surface area contributed by atoms with Crippen molar-refractivity contribution in [1.29, 1.82) is 0 Å². The van der Waals surface area contributed by atoms with Crippen LogP contribution in [0.2, 0.25) is 0 Å². The van der Waals surface area contributed by atoms with E-state index in [1.807, 2.05) is 30.3 Å². The van der Waals surface area contributed by atoms with Crippen molar-refractivity contribution in [3.8, 4) is 17.1 Å². The highest BCUT2D eigenvalue weighted by atomic mass is 16.5. The molecule has 1 amide bonds. The molecule has 1 fully saturated rings. The smallest absolute Gasteiger partial charge is 0.242 e. The van der Waals surface area contributed by atoms with Crippen LogP contribution >= 0.6 is 0 Å². The monoisotopic (exact) mass is 422 g/mol. The topological polar surface area (TPSA) is 97.7 Å². The number of pyridine rings is 1. The number of morpholine rings is 1. The van der Waals surface area contributed by atoms with E-state index < -0.39 is 5.60 Å². The number of hydrogen-bond acceptors (Lipinski definition) is 7. The number of ether oxygens (including phenoxy) is 2. The average Bonchev–Trinajstić information content (AvgIpc) is 2.77. The van der Waals surface area contributed by atoms with Crippen molar-refractivity contribution in [3.63, 3.8) is 0 Å². The fourth-order valence-corrected chi connectivity index (χ4v) is 3.52. The minimum absolute atomic E-state index is 0.0271. The molecule has 0 saturated carbocycles. The maximum absolute atomic E-state index is 11.7. The summed E-state index contributed by atoms with van der Waals surface area (Å²) < 4.78 is 11.8. The van der Waals surface area contributed by atoms with E-state index in [1.54, 1.807) is 38.1 Å². The Morgan fingerprint density at radius 3 is 2.71 bits per heavy atom. The summed E-state index contributed by atoms with van der Waals surface area (Å²) in [5.74, 6) is 0.398. The van der Waals surface area contributed by atoms with Gasteiger partial charge in [-0.05, 0) is 25.5 Å². The number of hydrogen-bond donors (Lipinski definition) is 1. The van der Waals surface area contributed by atoms with Crippen LogP contribution in [0.15, 0.2) is 42.7 Å². The Hall–Kier alpha value is -3.10. The van der Waals surface area contributed by atoms with E-state index in [1.165, 1.54) is 0 Å². The molecule has 0 radical (unpaired) electrons. The lowest BCUT2D eigenvalue weighted by Gasteiger charge is -2.32. The molecule has 1 N–H and O–H groups in total. The second kappa shape index (κ2) is 8.56. The first-order valence-electron chi connectivity index (χ1n) is 10.3. The normalized spacial score (nSPS) is 17.0. The molecule has 8 nitrogen and oxygen atoms in total. The number of carbonyl (C=O) groups is 1. The molecule has 0 bridgehead atoms. The summed E-state index contributed by atoms with van der Waals surface area (Å²) in [7, 11) is 0. The van der Waals surface area contributed by atoms with Gasteiger partial charge < -0.3 is 19.5 Å². The van der Waals surface area contributed by atoms with E-state index in [2.05, 4.69) is 15.0 Å². The number of carbonyl (C=O) groups excluding carboxylic acids is 1. The summed E-state index contributed by atoms with van der Waals surface area (Å²) >= 11 is 0. The zero-order chi connectivity index (χ0) is 22.0. The molecule has 1 atom stereocenters. The van der Waals surface area contributed by atoms with Gasteiger partial charge in [0.05, 0.1) is 30.0 Å². The molecule has 1 aliphatic heterocycles. The van der Waals surface area contributed by atoms with Gasteiger partial charge in [-0.3, -0.25) is 9.78 Å². The number of fused-ring (bicyclic) bond motifs is 1. The second-order valence-corrected chi connectivity index (χ2v) is 8.14. The largest absolute Gasteiger partial charge is 0.473 e. The number of rotatable bonds is 5. The van der Waals surface area contributed by atoms with Crippen LogP contribution in [0.5, 0.6) is 5.88 Å². The summed E-state index contributed by atoms with van der Waals surface area (Å²) in [5.41, 5.74) is 2.71. The van der Waals surface area contributed by atoms with Gasteiger partial charge in [-0.15, -0.1) is 0 Å². The summed E-state index contributed by atoms with van der Waals surface area (Å²) in [6.07, 6.45) is 2.99. The molecule has 0 unspecified atom stereocenters. The zero-order valence-electron chi connectivity index (χ0n) is 17.9. The predicted octanol–water partition coefficient (Wildman–Crippen LogP) is 2.55. The third-order valence-electron chi connectivity index (χ3n) is 5.30. The van der Waals surface area contributed by atoms with Crippen LogP contribution in [0.3, 0.4) is 0 Å². The van der Waals surface area contributed by atoms with Crippen LogP contribution in [0.1, 0.15) is 26.3 Å². The van der Waals surface area contributed by atoms with E-state index >= 15 is 0 Å². The van der Waals surface area contributed by atoms with Crippen molar-refractivity contribution in [1.82, 2.24) is 19.9 Å². The Bertz CT molecular complexity index is 1080. The third-order valence-corrected chi connectivity index (χ3v) is 5.30. The number of nitrogens with zero attached hydrogens (tertiary/aromatic N) is 4. The third kappa shape index (κ3) is 4.81. The van der Waals surface area contributed by atoms with Crippen molar-refractivity contribution < 1.29 is 19.4 Å². The van der Waals surface area contributed by atoms with Gasteiger partial charge >= 0.3 is 0 Å². The summed E-state index contributed by atoms with van der Waals surface area (Å²) in [4.78, 5) is 26.9. The van der Waals surface area contributed by atoms with Gasteiger partial charge in [0.1, 0.15) is 12.7 Å². The standard InChI is InChI=1S/C23H26N4O4/c1-15(28)27-10-11-30-18(13-27)14-31-22-21-20(24-8-9-25-21)12-19(26-22)16-4-6-17(7-5-16)23(2,3)29/h4-9,12,18,29H,10-11,13-14H2,1-3H3/t18-/m0/s1. The minimum Gasteiger partial charge on any atom is -0.473 e. The SMILES string of the molecule is CC(=O)N1CCO[C@H](COc2nc(-c3ccc(C(C)(C)O)cc3)cc3nccnc23)C1. The predicted molar refractivity (Wildman–Crippen MR) is 116 cm³/mol. The van der Waals surface area contributed by atoms with Crippen LogP contribution in [0.4, 0.5) is 0 Å². The lowest BCUT2D eigenvalue weighted by Crippen LogP contribution is -2.46. The van der Waals surface area contributed by atoms with Crippen molar-refractivity contribution >= 4 is 16.9 Å².